The summed E-state index contributed by atoms with van der Waals surface area (Å²) in [4.78, 5) is 19.8. The minimum absolute atomic E-state index is 0.0565. The number of urea groups is 1. The van der Waals surface area contributed by atoms with E-state index in [1.165, 1.54) is 18.4 Å². The van der Waals surface area contributed by atoms with Gasteiger partial charge >= 0.3 is 6.03 Å². The summed E-state index contributed by atoms with van der Waals surface area (Å²) in [6.45, 7) is 9.89. The van der Waals surface area contributed by atoms with Crippen molar-refractivity contribution in [2.75, 3.05) is 37.6 Å². The van der Waals surface area contributed by atoms with Crippen molar-refractivity contribution in [2.24, 2.45) is 5.92 Å². The average molecular weight is 460 g/mol. The van der Waals surface area contributed by atoms with Crippen LogP contribution in [-0.2, 0) is 6.54 Å². The van der Waals surface area contributed by atoms with Crippen LogP contribution in [0.2, 0.25) is 0 Å². The predicted molar refractivity (Wildman–Crippen MR) is 137 cm³/mol. The van der Waals surface area contributed by atoms with E-state index in [-0.39, 0.29) is 18.1 Å². The molecule has 1 N–H and O–H groups in total. The van der Waals surface area contributed by atoms with Crippen molar-refractivity contribution in [3.63, 3.8) is 0 Å². The van der Waals surface area contributed by atoms with Crippen molar-refractivity contribution in [1.82, 2.24) is 15.1 Å². The van der Waals surface area contributed by atoms with Crippen LogP contribution in [0.3, 0.4) is 0 Å². The maximum absolute atomic E-state index is 13.0. The molecule has 0 aromatic heterocycles. The normalized spacial score (nSPS) is 21.8. The number of likely N-dealkylation sites (tertiary alicyclic amines) is 1. The maximum Gasteiger partial charge on any atom is 0.318 e. The number of nitrogens with zero attached hydrogens (tertiary/aromatic N) is 4. The Balaban J connectivity index is 1.19. The Hall–Kier alpha value is -3.04. The molecule has 2 atom stereocenters. The van der Waals surface area contributed by atoms with Crippen LogP contribution in [0.1, 0.15) is 44.2 Å². The summed E-state index contributed by atoms with van der Waals surface area (Å²) < 4.78 is 0. The van der Waals surface area contributed by atoms with Gasteiger partial charge in [-0.05, 0) is 81.9 Å². The van der Waals surface area contributed by atoms with E-state index < -0.39 is 0 Å². The van der Waals surface area contributed by atoms with Crippen molar-refractivity contribution in [3.05, 3.63) is 65.7 Å². The minimum atomic E-state index is 0.0565. The average Bonchev–Trinajstić information content (AvgIpc) is 2.85. The van der Waals surface area contributed by atoms with Crippen molar-refractivity contribution >= 4 is 11.7 Å². The van der Waals surface area contributed by atoms with Gasteiger partial charge in [0.2, 0.25) is 0 Å². The molecule has 2 aliphatic heterocycles. The number of nitriles is 1. The monoisotopic (exact) mass is 459 g/mol. The van der Waals surface area contributed by atoms with E-state index in [0.29, 0.717) is 11.5 Å². The van der Waals surface area contributed by atoms with Gasteiger partial charge in [0, 0.05) is 44.0 Å². The number of carbonyl (C=O) groups excluding carboxylic acids is 1. The first-order valence-electron chi connectivity index (χ1n) is 12.6. The molecule has 180 valence electrons. The Labute approximate surface area is 204 Å². The van der Waals surface area contributed by atoms with Crippen LogP contribution in [-0.4, -0.2) is 60.6 Å². The van der Waals surface area contributed by atoms with Crippen LogP contribution in [0.15, 0.2) is 54.6 Å². The molecule has 6 heteroatoms. The summed E-state index contributed by atoms with van der Waals surface area (Å²) in [7, 11) is 0. The van der Waals surface area contributed by atoms with Crippen LogP contribution in [0.4, 0.5) is 10.5 Å². The van der Waals surface area contributed by atoms with Gasteiger partial charge in [0.25, 0.3) is 0 Å². The standard InChI is InChI=1S/C28H37N5O/c1-22-19-32(27-10-8-25(18-29)9-11-27)20-23(2)33(22)28(34)30-15-12-24-13-16-31(17-14-24)21-26-6-4-3-5-7-26/h3-11,22-24H,12-17,19-21H2,1-2H3,(H,30,34)/t22-,23+. The number of carbonyl (C=O) groups is 1. The van der Waals surface area contributed by atoms with Crippen molar-refractivity contribution in [1.29, 1.82) is 5.26 Å². The largest absolute Gasteiger partial charge is 0.367 e. The van der Waals surface area contributed by atoms with Gasteiger partial charge in [0.1, 0.15) is 0 Å². The van der Waals surface area contributed by atoms with Crippen LogP contribution < -0.4 is 10.2 Å². The van der Waals surface area contributed by atoms with Crippen molar-refractivity contribution in [2.45, 2.75) is 51.7 Å². The zero-order valence-corrected chi connectivity index (χ0v) is 20.5. The highest BCUT2D eigenvalue weighted by molar-refractivity contribution is 5.75. The number of benzene rings is 2. The Kier molecular flexibility index (Phi) is 8.08. The quantitative estimate of drug-likeness (QED) is 0.692. The number of piperidine rings is 1. The van der Waals surface area contributed by atoms with Gasteiger partial charge in [-0.3, -0.25) is 4.90 Å². The molecule has 0 radical (unpaired) electrons. The van der Waals surface area contributed by atoms with Crippen LogP contribution in [0.5, 0.6) is 0 Å². The van der Waals surface area contributed by atoms with Gasteiger partial charge in [-0.15, -0.1) is 0 Å². The Morgan fingerprint density at radius 2 is 1.65 bits per heavy atom. The van der Waals surface area contributed by atoms with E-state index in [1.54, 1.807) is 0 Å². The number of hydrogen-bond donors (Lipinski definition) is 1. The van der Waals surface area contributed by atoms with Crippen LogP contribution in [0, 0.1) is 17.2 Å². The number of rotatable bonds is 6. The van der Waals surface area contributed by atoms with E-state index in [4.69, 9.17) is 5.26 Å². The smallest absolute Gasteiger partial charge is 0.318 e. The third kappa shape index (κ3) is 6.09. The van der Waals surface area contributed by atoms with Crippen LogP contribution >= 0.6 is 0 Å². The van der Waals surface area contributed by atoms with Gasteiger partial charge < -0.3 is 15.1 Å². The molecule has 34 heavy (non-hydrogen) atoms. The van der Waals surface area contributed by atoms with Crippen molar-refractivity contribution in [3.8, 4) is 6.07 Å². The molecule has 2 aromatic carbocycles. The Morgan fingerprint density at radius 1 is 1.00 bits per heavy atom. The number of piperazine rings is 1. The number of anilines is 1. The highest BCUT2D eigenvalue weighted by Crippen LogP contribution is 2.24. The van der Waals surface area contributed by atoms with Crippen LogP contribution in [0.25, 0.3) is 0 Å². The highest BCUT2D eigenvalue weighted by Gasteiger charge is 2.33. The summed E-state index contributed by atoms with van der Waals surface area (Å²) in [5.41, 5.74) is 3.16. The third-order valence-corrected chi connectivity index (χ3v) is 7.30. The van der Waals surface area contributed by atoms with E-state index in [0.717, 1.165) is 51.4 Å². The van der Waals surface area contributed by atoms with Gasteiger partial charge in [0.05, 0.1) is 11.6 Å². The summed E-state index contributed by atoms with van der Waals surface area (Å²) in [5, 5.41) is 12.2. The number of amides is 2. The lowest BCUT2D eigenvalue weighted by Gasteiger charge is -2.45. The molecule has 0 aliphatic carbocycles. The van der Waals surface area contributed by atoms with E-state index >= 15 is 0 Å². The van der Waals surface area contributed by atoms with Crippen molar-refractivity contribution < 1.29 is 4.79 Å². The lowest BCUT2D eigenvalue weighted by atomic mass is 9.93. The number of nitrogens with one attached hydrogen (secondary N) is 1. The zero-order valence-electron chi connectivity index (χ0n) is 20.5. The predicted octanol–water partition coefficient (Wildman–Crippen LogP) is 4.47. The summed E-state index contributed by atoms with van der Waals surface area (Å²) >= 11 is 0. The lowest BCUT2D eigenvalue weighted by molar-refractivity contribution is 0.139. The molecule has 2 aliphatic rings. The molecule has 0 spiro atoms. The SMILES string of the molecule is C[C@@H]1CN(c2ccc(C#N)cc2)C[C@H](C)N1C(=O)NCCC1CCN(Cc2ccccc2)CC1. The molecule has 0 bridgehead atoms. The Morgan fingerprint density at radius 3 is 2.26 bits per heavy atom. The second-order valence-corrected chi connectivity index (χ2v) is 9.89. The molecule has 2 heterocycles. The molecule has 0 saturated carbocycles. The summed E-state index contributed by atoms with van der Waals surface area (Å²) in [5.74, 6) is 0.690. The molecular weight excluding hydrogens is 422 g/mol. The molecule has 6 nitrogen and oxygen atoms in total. The molecular formula is C28H37N5O. The Bertz CT molecular complexity index is 951. The fourth-order valence-electron chi connectivity index (χ4n) is 5.43. The molecule has 2 amide bonds. The molecule has 2 aromatic rings. The zero-order chi connectivity index (χ0) is 23.9. The van der Waals surface area contributed by atoms with Gasteiger partial charge in [0.15, 0.2) is 0 Å². The molecule has 4 rings (SSSR count). The minimum Gasteiger partial charge on any atom is -0.367 e. The fourth-order valence-corrected chi connectivity index (χ4v) is 5.43. The summed E-state index contributed by atoms with van der Waals surface area (Å²) in [6, 6.07) is 20.9. The third-order valence-electron chi connectivity index (χ3n) is 7.30. The van der Waals surface area contributed by atoms with Gasteiger partial charge in [-0.1, -0.05) is 30.3 Å². The fraction of sp³-hybridized carbons (Fsp3) is 0.500. The van der Waals surface area contributed by atoms with Gasteiger partial charge in [-0.2, -0.15) is 5.26 Å². The van der Waals surface area contributed by atoms with E-state index in [9.17, 15) is 4.79 Å². The molecule has 2 saturated heterocycles. The second kappa shape index (κ2) is 11.4. The molecule has 2 fully saturated rings. The topological polar surface area (TPSA) is 62.6 Å². The second-order valence-electron chi connectivity index (χ2n) is 9.89. The van der Waals surface area contributed by atoms with E-state index in [2.05, 4.69) is 65.4 Å². The first-order chi connectivity index (χ1) is 16.5. The van der Waals surface area contributed by atoms with E-state index in [1.807, 2.05) is 29.2 Å². The lowest BCUT2D eigenvalue weighted by Crippen LogP contribution is -2.61. The first kappa shape index (κ1) is 24.1. The maximum atomic E-state index is 13.0. The van der Waals surface area contributed by atoms with Gasteiger partial charge in [-0.25, -0.2) is 4.79 Å². The first-order valence-corrected chi connectivity index (χ1v) is 12.6. The summed E-state index contributed by atoms with van der Waals surface area (Å²) in [6.07, 6.45) is 3.47. The molecule has 0 unspecified atom stereocenters. The highest BCUT2D eigenvalue weighted by atomic mass is 16.2. The number of hydrogen-bond acceptors (Lipinski definition) is 4.